The van der Waals surface area contributed by atoms with Crippen LogP contribution in [-0.2, 0) is 0 Å². The fourth-order valence-electron chi connectivity index (χ4n) is 3.82. The highest BCUT2D eigenvalue weighted by molar-refractivity contribution is 5.93. The summed E-state index contributed by atoms with van der Waals surface area (Å²) in [5.41, 5.74) is 1.60. The van der Waals surface area contributed by atoms with Crippen LogP contribution in [0.3, 0.4) is 0 Å². The van der Waals surface area contributed by atoms with Gasteiger partial charge in [-0.15, -0.1) is 0 Å². The predicted octanol–water partition coefficient (Wildman–Crippen LogP) is 2.29. The molecular formula is C16H25N3O2. The molecule has 2 bridgehead atoms. The first-order valence-corrected chi connectivity index (χ1v) is 8.08. The largest absolute Gasteiger partial charge is 0.393 e. The minimum absolute atomic E-state index is 0.0413. The molecule has 1 aromatic rings. The Hall–Kier alpha value is -1.36. The van der Waals surface area contributed by atoms with E-state index in [0.717, 1.165) is 25.0 Å². The molecule has 0 aliphatic carbocycles. The summed E-state index contributed by atoms with van der Waals surface area (Å²) in [6.45, 7) is 6.25. The van der Waals surface area contributed by atoms with Crippen LogP contribution in [0.25, 0.3) is 0 Å². The lowest BCUT2D eigenvalue weighted by molar-refractivity contribution is 0.0282. The molecule has 5 heteroatoms. The fourth-order valence-corrected chi connectivity index (χ4v) is 3.82. The van der Waals surface area contributed by atoms with Crippen molar-refractivity contribution >= 4 is 5.91 Å². The summed E-state index contributed by atoms with van der Waals surface area (Å²) in [6.07, 6.45) is 4.21. The molecule has 0 spiro atoms. The van der Waals surface area contributed by atoms with Crippen molar-refractivity contribution in [3.8, 4) is 0 Å². The summed E-state index contributed by atoms with van der Waals surface area (Å²) in [7, 11) is 0. The molecule has 3 unspecified atom stereocenters. The predicted molar refractivity (Wildman–Crippen MR) is 80.2 cm³/mol. The van der Waals surface area contributed by atoms with E-state index in [1.807, 2.05) is 22.6 Å². The second kappa shape index (κ2) is 5.44. The zero-order chi connectivity index (χ0) is 15.1. The highest BCUT2D eigenvalue weighted by Gasteiger charge is 2.43. The summed E-state index contributed by atoms with van der Waals surface area (Å²) in [5, 5.41) is 14.4. The number of rotatable bonds is 3. The topological polar surface area (TPSA) is 58.4 Å². The van der Waals surface area contributed by atoms with Crippen LogP contribution in [0.1, 0.15) is 68.2 Å². The van der Waals surface area contributed by atoms with E-state index < -0.39 is 0 Å². The normalized spacial score (nSPS) is 29.7. The molecule has 0 saturated carbocycles. The number of amides is 1. The van der Waals surface area contributed by atoms with Gasteiger partial charge in [0, 0.05) is 23.8 Å². The molecule has 2 aliphatic heterocycles. The number of nitrogens with zero attached hydrogens (tertiary/aromatic N) is 3. The number of hydrogen-bond acceptors (Lipinski definition) is 3. The molecular weight excluding hydrogens is 266 g/mol. The molecule has 1 amide bonds. The number of carbonyl (C=O) groups excluding carboxylic acids is 1. The SMILES string of the molecule is CCC(C)n1nc(C(=O)N2C3CCC2CC(O)C3)cc1C. The molecule has 5 nitrogen and oxygen atoms in total. The minimum Gasteiger partial charge on any atom is -0.393 e. The first-order valence-electron chi connectivity index (χ1n) is 8.08. The van der Waals surface area contributed by atoms with Gasteiger partial charge in [-0.3, -0.25) is 9.48 Å². The van der Waals surface area contributed by atoms with E-state index in [9.17, 15) is 9.90 Å². The van der Waals surface area contributed by atoms with Gasteiger partial charge in [0.25, 0.3) is 5.91 Å². The second-order valence-electron chi connectivity index (χ2n) is 6.60. The molecule has 2 fully saturated rings. The molecule has 3 heterocycles. The number of aliphatic hydroxyl groups is 1. The van der Waals surface area contributed by atoms with E-state index in [4.69, 9.17) is 0 Å². The Morgan fingerprint density at radius 1 is 1.43 bits per heavy atom. The maximum absolute atomic E-state index is 12.8. The number of aromatic nitrogens is 2. The van der Waals surface area contributed by atoms with E-state index in [-0.39, 0.29) is 24.1 Å². The molecule has 1 aromatic heterocycles. The Bertz CT molecular complexity index is 526. The van der Waals surface area contributed by atoms with Gasteiger partial charge in [-0.2, -0.15) is 5.10 Å². The lowest BCUT2D eigenvalue weighted by Crippen LogP contribution is -2.48. The third kappa shape index (κ3) is 2.48. The van der Waals surface area contributed by atoms with Crippen LogP contribution < -0.4 is 0 Å². The van der Waals surface area contributed by atoms with Gasteiger partial charge in [-0.05, 0) is 52.0 Å². The van der Waals surface area contributed by atoms with Gasteiger partial charge >= 0.3 is 0 Å². The minimum atomic E-state index is -0.244. The Kier molecular flexibility index (Phi) is 3.78. The second-order valence-corrected chi connectivity index (χ2v) is 6.60. The number of carbonyl (C=O) groups is 1. The van der Waals surface area contributed by atoms with Crippen molar-refractivity contribution < 1.29 is 9.90 Å². The lowest BCUT2D eigenvalue weighted by atomic mass is 9.99. The first-order chi connectivity index (χ1) is 10.0. The molecule has 21 heavy (non-hydrogen) atoms. The lowest BCUT2D eigenvalue weighted by Gasteiger charge is -2.36. The van der Waals surface area contributed by atoms with Gasteiger partial charge in [-0.1, -0.05) is 6.92 Å². The van der Waals surface area contributed by atoms with Crippen LogP contribution in [0.2, 0.25) is 0 Å². The van der Waals surface area contributed by atoms with E-state index in [0.29, 0.717) is 24.6 Å². The molecule has 3 atom stereocenters. The summed E-state index contributed by atoms with van der Waals surface area (Å²) >= 11 is 0. The highest BCUT2D eigenvalue weighted by atomic mass is 16.3. The van der Waals surface area contributed by atoms with Crippen LogP contribution in [0, 0.1) is 6.92 Å². The Morgan fingerprint density at radius 3 is 2.62 bits per heavy atom. The van der Waals surface area contributed by atoms with Gasteiger partial charge in [-0.25, -0.2) is 0 Å². The summed E-state index contributed by atoms with van der Waals surface area (Å²) < 4.78 is 1.95. The molecule has 2 saturated heterocycles. The van der Waals surface area contributed by atoms with Crippen molar-refractivity contribution in [2.24, 2.45) is 0 Å². The maximum Gasteiger partial charge on any atom is 0.274 e. The number of aliphatic hydroxyl groups excluding tert-OH is 1. The average molecular weight is 291 g/mol. The average Bonchev–Trinajstić information content (AvgIpc) is 2.96. The quantitative estimate of drug-likeness (QED) is 0.929. The van der Waals surface area contributed by atoms with Crippen molar-refractivity contribution in [2.45, 2.75) is 77.1 Å². The van der Waals surface area contributed by atoms with Gasteiger partial charge in [0.2, 0.25) is 0 Å². The van der Waals surface area contributed by atoms with Crippen molar-refractivity contribution in [1.82, 2.24) is 14.7 Å². The zero-order valence-electron chi connectivity index (χ0n) is 13.1. The Labute approximate surface area is 125 Å². The summed E-state index contributed by atoms with van der Waals surface area (Å²) in [4.78, 5) is 14.8. The van der Waals surface area contributed by atoms with Crippen molar-refractivity contribution in [3.05, 3.63) is 17.5 Å². The number of piperidine rings is 1. The highest BCUT2D eigenvalue weighted by Crippen LogP contribution is 2.36. The third-order valence-electron chi connectivity index (χ3n) is 5.09. The van der Waals surface area contributed by atoms with Crippen LogP contribution in [0.15, 0.2) is 6.07 Å². The van der Waals surface area contributed by atoms with E-state index in [1.165, 1.54) is 0 Å². The molecule has 1 N–H and O–H groups in total. The van der Waals surface area contributed by atoms with Crippen LogP contribution >= 0.6 is 0 Å². The zero-order valence-corrected chi connectivity index (χ0v) is 13.1. The number of fused-ring (bicyclic) bond motifs is 2. The molecule has 0 aromatic carbocycles. The standard InChI is InChI=1S/C16H25N3O2/c1-4-10(2)19-11(3)7-15(17-19)16(21)18-12-5-6-13(18)9-14(20)8-12/h7,10,12-14,20H,4-6,8-9H2,1-3H3. The van der Waals surface area contributed by atoms with Crippen LogP contribution in [0.5, 0.6) is 0 Å². The number of aryl methyl sites for hydroxylation is 1. The van der Waals surface area contributed by atoms with E-state index in [2.05, 4.69) is 18.9 Å². The molecule has 0 radical (unpaired) electrons. The van der Waals surface area contributed by atoms with Gasteiger partial charge in [0.15, 0.2) is 5.69 Å². The third-order valence-corrected chi connectivity index (χ3v) is 5.09. The number of hydrogen-bond donors (Lipinski definition) is 1. The Morgan fingerprint density at radius 2 is 2.05 bits per heavy atom. The van der Waals surface area contributed by atoms with E-state index in [1.54, 1.807) is 0 Å². The Balaban J connectivity index is 1.83. The monoisotopic (exact) mass is 291 g/mol. The summed E-state index contributed by atoms with van der Waals surface area (Å²) in [6, 6.07) is 2.60. The molecule has 2 aliphatic rings. The smallest absolute Gasteiger partial charge is 0.274 e. The van der Waals surface area contributed by atoms with Gasteiger partial charge < -0.3 is 10.0 Å². The van der Waals surface area contributed by atoms with E-state index >= 15 is 0 Å². The van der Waals surface area contributed by atoms with Gasteiger partial charge in [0.05, 0.1) is 6.10 Å². The van der Waals surface area contributed by atoms with Crippen LogP contribution in [-0.4, -0.2) is 43.9 Å². The van der Waals surface area contributed by atoms with Gasteiger partial charge in [0.1, 0.15) is 0 Å². The fraction of sp³-hybridized carbons (Fsp3) is 0.750. The first kappa shape index (κ1) is 14.6. The summed E-state index contributed by atoms with van der Waals surface area (Å²) in [5.74, 6) is 0.0413. The van der Waals surface area contributed by atoms with Crippen LogP contribution in [0.4, 0.5) is 0 Å². The van der Waals surface area contributed by atoms with Crippen molar-refractivity contribution in [1.29, 1.82) is 0 Å². The molecule has 3 rings (SSSR count). The van der Waals surface area contributed by atoms with Crippen molar-refractivity contribution in [3.63, 3.8) is 0 Å². The van der Waals surface area contributed by atoms with Crippen molar-refractivity contribution in [2.75, 3.05) is 0 Å². The molecule has 116 valence electrons. The maximum atomic E-state index is 12.8.